The Kier molecular flexibility index (Phi) is 5.95. The highest BCUT2D eigenvalue weighted by Gasteiger charge is 2.63. The number of carboxylic acid groups (broad SMARTS) is 1. The summed E-state index contributed by atoms with van der Waals surface area (Å²) in [6.45, 7) is 3.21. The van der Waals surface area contributed by atoms with Crippen molar-refractivity contribution >= 4 is 41.1 Å². The average molecular weight is 389 g/mol. The van der Waals surface area contributed by atoms with E-state index in [9.17, 15) is 19.5 Å². The van der Waals surface area contributed by atoms with Crippen LogP contribution in [0.3, 0.4) is 0 Å². The van der Waals surface area contributed by atoms with Crippen molar-refractivity contribution in [1.82, 2.24) is 0 Å². The van der Waals surface area contributed by atoms with Crippen LogP contribution in [0.2, 0.25) is 10.0 Å². The van der Waals surface area contributed by atoms with Crippen LogP contribution in [0.25, 0.3) is 0 Å². The van der Waals surface area contributed by atoms with E-state index in [2.05, 4.69) is 0 Å². The van der Waals surface area contributed by atoms with Crippen molar-refractivity contribution in [2.45, 2.75) is 32.8 Å². The second kappa shape index (κ2) is 7.62. The number of hydrogen-bond acceptors (Lipinski definition) is 5. The van der Waals surface area contributed by atoms with E-state index in [0.717, 1.165) is 0 Å². The molecule has 0 aromatic heterocycles. The van der Waals surface area contributed by atoms with Crippen LogP contribution in [0.15, 0.2) is 18.2 Å². The molecule has 1 N–H and O–H groups in total. The van der Waals surface area contributed by atoms with Crippen molar-refractivity contribution < 1.29 is 29.0 Å². The van der Waals surface area contributed by atoms with Crippen LogP contribution in [0.1, 0.15) is 37.0 Å². The fourth-order valence-corrected chi connectivity index (χ4v) is 2.96. The molecule has 1 aliphatic carbocycles. The van der Waals surface area contributed by atoms with Crippen LogP contribution in [0, 0.1) is 11.3 Å². The molecule has 1 aliphatic rings. The van der Waals surface area contributed by atoms with Gasteiger partial charge >= 0.3 is 12.1 Å². The molecule has 0 amide bonds. The van der Waals surface area contributed by atoms with Gasteiger partial charge in [-0.25, -0.2) is 4.79 Å². The Balaban J connectivity index is 2.00. The molecule has 1 fully saturated rings. The fourth-order valence-electron chi connectivity index (χ4n) is 2.66. The molecule has 136 valence electrons. The largest absolute Gasteiger partial charge is 0.508 e. The molecule has 0 spiro atoms. The monoisotopic (exact) mass is 388 g/mol. The first kappa shape index (κ1) is 19.5. The van der Waals surface area contributed by atoms with Gasteiger partial charge in [0.05, 0.1) is 28.2 Å². The SMILES string of the molecule is CC(C)OC(=O)OCC[C@@]1(C(=O)O)C[C@@H]1C(=O)c1ccc(Cl)c(Cl)c1. The van der Waals surface area contributed by atoms with E-state index in [4.69, 9.17) is 32.7 Å². The Bertz CT molecular complexity index is 702. The highest BCUT2D eigenvalue weighted by atomic mass is 35.5. The maximum atomic E-state index is 12.5. The van der Waals surface area contributed by atoms with E-state index < -0.39 is 23.5 Å². The van der Waals surface area contributed by atoms with Crippen molar-refractivity contribution in [3.05, 3.63) is 33.8 Å². The molecule has 0 radical (unpaired) electrons. The predicted molar refractivity (Wildman–Crippen MR) is 91.2 cm³/mol. The third-order valence-corrected chi connectivity index (χ3v) is 4.86. The number of hydrogen-bond donors (Lipinski definition) is 1. The Morgan fingerprint density at radius 3 is 2.52 bits per heavy atom. The maximum Gasteiger partial charge on any atom is 0.508 e. The number of carbonyl (C=O) groups excluding carboxylic acids is 2. The lowest BCUT2D eigenvalue weighted by molar-refractivity contribution is -0.144. The van der Waals surface area contributed by atoms with E-state index in [1.807, 2.05) is 0 Å². The summed E-state index contributed by atoms with van der Waals surface area (Å²) >= 11 is 11.7. The molecule has 0 saturated heterocycles. The molecule has 2 atom stereocenters. The Morgan fingerprint density at radius 2 is 1.96 bits per heavy atom. The van der Waals surface area contributed by atoms with Crippen LogP contribution in [-0.4, -0.2) is 35.7 Å². The molecule has 0 unspecified atom stereocenters. The number of aliphatic carboxylic acids is 1. The molecule has 6 nitrogen and oxygen atoms in total. The zero-order valence-corrected chi connectivity index (χ0v) is 15.3. The zero-order chi connectivity index (χ0) is 18.8. The minimum absolute atomic E-state index is 0.0350. The number of carbonyl (C=O) groups is 3. The summed E-state index contributed by atoms with van der Waals surface area (Å²) in [4.78, 5) is 35.5. The van der Waals surface area contributed by atoms with Gasteiger partial charge in [-0.2, -0.15) is 0 Å². The summed E-state index contributed by atoms with van der Waals surface area (Å²) in [5.41, 5.74) is -0.927. The number of ketones is 1. The average Bonchev–Trinajstić information content (AvgIpc) is 3.24. The lowest BCUT2D eigenvalue weighted by atomic mass is 9.95. The van der Waals surface area contributed by atoms with Gasteiger partial charge in [0.1, 0.15) is 0 Å². The summed E-state index contributed by atoms with van der Waals surface area (Å²) in [5.74, 6) is -2.09. The standard InChI is InChI=1S/C17H18Cl2O6/c1-9(2)25-16(23)24-6-5-17(15(21)22)8-11(17)14(20)10-3-4-12(18)13(19)7-10/h3-4,7,9,11H,5-6,8H2,1-2H3,(H,21,22)/t11-,17-/m1/s1. The second-order valence-corrected chi connectivity index (χ2v) is 7.04. The molecule has 0 aliphatic heterocycles. The van der Waals surface area contributed by atoms with Gasteiger partial charge in [0.2, 0.25) is 0 Å². The van der Waals surface area contributed by atoms with Gasteiger partial charge in [-0.3, -0.25) is 9.59 Å². The van der Waals surface area contributed by atoms with Crippen LogP contribution < -0.4 is 0 Å². The summed E-state index contributed by atoms with van der Waals surface area (Å²) in [6, 6.07) is 4.43. The first-order valence-electron chi connectivity index (χ1n) is 7.73. The Labute approximate surface area is 155 Å². The van der Waals surface area contributed by atoms with Crippen LogP contribution >= 0.6 is 23.2 Å². The normalized spacial score (nSPS) is 21.7. The minimum atomic E-state index is -1.23. The van der Waals surface area contributed by atoms with Gasteiger partial charge in [-0.15, -0.1) is 0 Å². The number of ether oxygens (including phenoxy) is 2. The third kappa shape index (κ3) is 4.44. The molecule has 8 heteroatoms. The highest BCUT2D eigenvalue weighted by Crippen LogP contribution is 2.57. The maximum absolute atomic E-state index is 12.5. The molecule has 2 rings (SSSR count). The molecule has 1 aromatic carbocycles. The van der Waals surface area contributed by atoms with E-state index in [-0.39, 0.29) is 36.4 Å². The number of halogens is 2. The van der Waals surface area contributed by atoms with Gasteiger partial charge in [0.15, 0.2) is 5.78 Å². The molecule has 0 bridgehead atoms. The lowest BCUT2D eigenvalue weighted by Crippen LogP contribution is -2.24. The Hall–Kier alpha value is -1.79. The van der Waals surface area contributed by atoms with Gasteiger partial charge < -0.3 is 14.6 Å². The number of Topliss-reactive ketones (excluding diaryl/α,β-unsaturated/α-hetero) is 1. The predicted octanol–water partition coefficient (Wildman–Crippen LogP) is 4.22. The van der Waals surface area contributed by atoms with E-state index in [0.29, 0.717) is 10.6 Å². The summed E-state index contributed by atoms with van der Waals surface area (Å²) in [7, 11) is 0. The van der Waals surface area contributed by atoms with Crippen molar-refractivity contribution in [3.8, 4) is 0 Å². The third-order valence-electron chi connectivity index (χ3n) is 4.12. The van der Waals surface area contributed by atoms with Crippen molar-refractivity contribution in [2.75, 3.05) is 6.61 Å². The number of rotatable bonds is 7. The van der Waals surface area contributed by atoms with E-state index in [1.54, 1.807) is 13.8 Å². The molecule has 1 saturated carbocycles. The van der Waals surface area contributed by atoms with Gasteiger partial charge in [0, 0.05) is 11.5 Å². The number of carboxylic acids is 1. The van der Waals surface area contributed by atoms with Gasteiger partial charge in [-0.05, 0) is 44.9 Å². The highest BCUT2D eigenvalue weighted by molar-refractivity contribution is 6.42. The van der Waals surface area contributed by atoms with E-state index in [1.165, 1.54) is 18.2 Å². The van der Waals surface area contributed by atoms with Crippen molar-refractivity contribution in [3.63, 3.8) is 0 Å². The summed E-state index contributed by atoms with van der Waals surface area (Å²) < 4.78 is 9.68. The first-order valence-corrected chi connectivity index (χ1v) is 8.49. The first-order chi connectivity index (χ1) is 11.7. The second-order valence-electron chi connectivity index (χ2n) is 6.23. The van der Waals surface area contributed by atoms with Gasteiger partial charge in [0.25, 0.3) is 0 Å². The lowest BCUT2D eigenvalue weighted by Gasteiger charge is -2.13. The van der Waals surface area contributed by atoms with Gasteiger partial charge in [-0.1, -0.05) is 23.2 Å². The summed E-state index contributed by atoms with van der Waals surface area (Å²) in [6.07, 6.45) is -0.966. The van der Waals surface area contributed by atoms with Crippen LogP contribution in [0.4, 0.5) is 4.79 Å². The minimum Gasteiger partial charge on any atom is -0.481 e. The van der Waals surface area contributed by atoms with Crippen molar-refractivity contribution in [2.24, 2.45) is 11.3 Å². The quantitative estimate of drug-likeness (QED) is 0.555. The molecule has 0 heterocycles. The zero-order valence-electron chi connectivity index (χ0n) is 13.8. The van der Waals surface area contributed by atoms with Crippen LogP contribution in [-0.2, 0) is 14.3 Å². The Morgan fingerprint density at radius 1 is 1.28 bits per heavy atom. The topological polar surface area (TPSA) is 89.9 Å². The van der Waals surface area contributed by atoms with E-state index >= 15 is 0 Å². The molecule has 1 aromatic rings. The van der Waals surface area contributed by atoms with Crippen molar-refractivity contribution in [1.29, 1.82) is 0 Å². The summed E-state index contributed by atoms with van der Waals surface area (Å²) in [5, 5.41) is 10.1. The molecular formula is C17H18Cl2O6. The molecule has 25 heavy (non-hydrogen) atoms. The van der Waals surface area contributed by atoms with Crippen LogP contribution in [0.5, 0.6) is 0 Å². The molecular weight excluding hydrogens is 371 g/mol. The fraction of sp³-hybridized carbons (Fsp3) is 0.471. The number of benzene rings is 1. The smallest absolute Gasteiger partial charge is 0.481 e.